The number of hydrogen-bond acceptors (Lipinski definition) is 2. The molecule has 1 aliphatic heterocycles. The van der Waals surface area contributed by atoms with Crippen molar-refractivity contribution >= 4 is 11.6 Å². The lowest BCUT2D eigenvalue weighted by Gasteiger charge is -2.23. The summed E-state index contributed by atoms with van der Waals surface area (Å²) in [5, 5.41) is 2.88. The van der Waals surface area contributed by atoms with Crippen LogP contribution in [0.3, 0.4) is 0 Å². The summed E-state index contributed by atoms with van der Waals surface area (Å²) in [6.07, 6.45) is 1.89. The van der Waals surface area contributed by atoms with Crippen molar-refractivity contribution in [3.8, 4) is 0 Å². The molecule has 0 aliphatic carbocycles. The Morgan fingerprint density at radius 3 is 2.71 bits per heavy atom. The molecule has 2 rings (SSSR count). The van der Waals surface area contributed by atoms with Crippen LogP contribution in [-0.4, -0.2) is 12.0 Å². The van der Waals surface area contributed by atoms with Crippen LogP contribution in [0, 0.1) is 0 Å². The highest BCUT2D eigenvalue weighted by Gasteiger charge is 2.21. The number of allylic oxidation sites excluding steroid dienone is 1. The van der Waals surface area contributed by atoms with E-state index in [1.54, 1.807) is 0 Å². The van der Waals surface area contributed by atoms with Gasteiger partial charge in [0.2, 0.25) is 0 Å². The topological polar surface area (TPSA) is 38.3 Å². The first-order valence-electron chi connectivity index (χ1n) is 5.89. The van der Waals surface area contributed by atoms with Gasteiger partial charge in [0.25, 0.3) is 5.91 Å². The van der Waals surface area contributed by atoms with Crippen molar-refractivity contribution in [1.82, 2.24) is 0 Å². The summed E-state index contributed by atoms with van der Waals surface area (Å²) in [4.78, 5) is 12.0. The lowest BCUT2D eigenvalue weighted by Crippen LogP contribution is -2.22. The summed E-state index contributed by atoms with van der Waals surface area (Å²) < 4.78 is 5.58. The number of ether oxygens (including phenoxy) is 1. The fraction of sp³-hybridized carbons (Fsp3) is 0.357. The standard InChI is InChI=1S/C14H17NO2/c1-10-8-9-13(11(2)17-10)14(16)15-12-6-4-3-5-7-12/h3-7,10H,8-9H2,1-2H3,(H,15,16). The third kappa shape index (κ3) is 2.87. The van der Waals surface area contributed by atoms with Gasteiger partial charge in [0.05, 0.1) is 11.7 Å². The Hall–Kier alpha value is -1.77. The Morgan fingerprint density at radius 1 is 1.35 bits per heavy atom. The van der Waals surface area contributed by atoms with E-state index >= 15 is 0 Å². The molecule has 1 unspecified atom stereocenters. The molecule has 3 nitrogen and oxygen atoms in total. The Labute approximate surface area is 101 Å². The molecule has 0 saturated heterocycles. The van der Waals surface area contributed by atoms with Gasteiger partial charge in [-0.05, 0) is 38.8 Å². The molecule has 1 aliphatic rings. The molecule has 1 atom stereocenters. The van der Waals surface area contributed by atoms with Gasteiger partial charge in [-0.1, -0.05) is 18.2 Å². The zero-order valence-electron chi connectivity index (χ0n) is 10.2. The van der Waals surface area contributed by atoms with E-state index in [0.717, 1.165) is 29.9 Å². The highest BCUT2D eigenvalue weighted by Crippen LogP contribution is 2.24. The Kier molecular flexibility index (Phi) is 3.47. The second-order valence-electron chi connectivity index (χ2n) is 4.32. The lowest BCUT2D eigenvalue weighted by atomic mass is 10.0. The third-order valence-corrected chi connectivity index (χ3v) is 2.91. The Morgan fingerprint density at radius 2 is 2.06 bits per heavy atom. The average Bonchev–Trinajstić information content (AvgIpc) is 2.30. The van der Waals surface area contributed by atoms with Crippen molar-refractivity contribution in [2.75, 3.05) is 5.32 Å². The summed E-state index contributed by atoms with van der Waals surface area (Å²) in [7, 11) is 0. The maximum Gasteiger partial charge on any atom is 0.254 e. The first kappa shape index (κ1) is 11.7. The molecule has 3 heteroatoms. The molecular formula is C14H17NO2. The molecule has 0 bridgehead atoms. The number of carbonyl (C=O) groups is 1. The summed E-state index contributed by atoms with van der Waals surface area (Å²) in [6, 6.07) is 9.47. The van der Waals surface area contributed by atoms with Crippen molar-refractivity contribution in [3.05, 3.63) is 41.7 Å². The fourth-order valence-corrected chi connectivity index (χ4v) is 1.96. The minimum Gasteiger partial charge on any atom is -0.495 e. The van der Waals surface area contributed by atoms with Gasteiger partial charge in [-0.2, -0.15) is 0 Å². The van der Waals surface area contributed by atoms with Crippen molar-refractivity contribution < 1.29 is 9.53 Å². The number of hydrogen-bond donors (Lipinski definition) is 1. The SMILES string of the molecule is CC1=C(C(=O)Nc2ccccc2)CCC(C)O1. The molecule has 90 valence electrons. The molecular weight excluding hydrogens is 214 g/mol. The zero-order chi connectivity index (χ0) is 12.3. The molecule has 17 heavy (non-hydrogen) atoms. The van der Waals surface area contributed by atoms with Gasteiger partial charge in [0.15, 0.2) is 0 Å². The Bertz CT molecular complexity index is 437. The van der Waals surface area contributed by atoms with Gasteiger partial charge in [-0.15, -0.1) is 0 Å². The molecule has 1 aromatic carbocycles. The van der Waals surface area contributed by atoms with Crippen LogP contribution in [0.4, 0.5) is 5.69 Å². The summed E-state index contributed by atoms with van der Waals surface area (Å²) >= 11 is 0. The van der Waals surface area contributed by atoms with Gasteiger partial charge in [0, 0.05) is 5.69 Å². The molecule has 0 fully saturated rings. The van der Waals surface area contributed by atoms with Crippen LogP contribution in [0.5, 0.6) is 0 Å². The second-order valence-corrected chi connectivity index (χ2v) is 4.32. The van der Waals surface area contributed by atoms with E-state index in [4.69, 9.17) is 4.74 Å². The van der Waals surface area contributed by atoms with Crippen LogP contribution in [-0.2, 0) is 9.53 Å². The predicted octanol–water partition coefficient (Wildman–Crippen LogP) is 3.10. The van der Waals surface area contributed by atoms with Gasteiger partial charge >= 0.3 is 0 Å². The largest absolute Gasteiger partial charge is 0.495 e. The molecule has 1 heterocycles. The number of carbonyl (C=O) groups excluding carboxylic acids is 1. The molecule has 0 saturated carbocycles. The van der Waals surface area contributed by atoms with Crippen LogP contribution < -0.4 is 5.32 Å². The van der Waals surface area contributed by atoms with E-state index in [1.807, 2.05) is 44.2 Å². The molecule has 1 aromatic rings. The van der Waals surface area contributed by atoms with E-state index in [9.17, 15) is 4.79 Å². The van der Waals surface area contributed by atoms with Crippen molar-refractivity contribution in [2.45, 2.75) is 32.8 Å². The van der Waals surface area contributed by atoms with Gasteiger partial charge < -0.3 is 10.1 Å². The predicted molar refractivity (Wildman–Crippen MR) is 67.6 cm³/mol. The first-order chi connectivity index (χ1) is 8.16. The van der Waals surface area contributed by atoms with E-state index in [2.05, 4.69) is 5.32 Å². The van der Waals surface area contributed by atoms with Crippen LogP contribution in [0.15, 0.2) is 41.7 Å². The van der Waals surface area contributed by atoms with Crippen molar-refractivity contribution in [2.24, 2.45) is 0 Å². The smallest absolute Gasteiger partial charge is 0.254 e. The minimum atomic E-state index is -0.0550. The van der Waals surface area contributed by atoms with Crippen LogP contribution in [0.25, 0.3) is 0 Å². The molecule has 1 amide bonds. The van der Waals surface area contributed by atoms with Crippen LogP contribution in [0.2, 0.25) is 0 Å². The number of benzene rings is 1. The highest BCUT2D eigenvalue weighted by molar-refractivity contribution is 6.04. The van der Waals surface area contributed by atoms with E-state index in [-0.39, 0.29) is 12.0 Å². The molecule has 1 N–H and O–H groups in total. The quantitative estimate of drug-likeness (QED) is 0.849. The number of amides is 1. The molecule has 0 radical (unpaired) electrons. The summed E-state index contributed by atoms with van der Waals surface area (Å²) in [5.74, 6) is 0.692. The Balaban J connectivity index is 2.08. The maximum atomic E-state index is 12.0. The van der Waals surface area contributed by atoms with Gasteiger partial charge in [0.1, 0.15) is 5.76 Å². The van der Waals surface area contributed by atoms with Crippen molar-refractivity contribution in [1.29, 1.82) is 0 Å². The normalized spacial score (nSPS) is 19.8. The number of anilines is 1. The molecule has 0 aromatic heterocycles. The zero-order valence-corrected chi connectivity index (χ0v) is 10.2. The second kappa shape index (κ2) is 5.04. The van der Waals surface area contributed by atoms with Crippen molar-refractivity contribution in [3.63, 3.8) is 0 Å². The van der Waals surface area contributed by atoms with E-state index < -0.39 is 0 Å². The van der Waals surface area contributed by atoms with E-state index in [0.29, 0.717) is 0 Å². The monoisotopic (exact) mass is 231 g/mol. The average molecular weight is 231 g/mol. The minimum absolute atomic E-state index is 0.0550. The number of para-hydroxylation sites is 1. The number of nitrogens with one attached hydrogen (secondary N) is 1. The van der Waals surface area contributed by atoms with Gasteiger partial charge in [-0.3, -0.25) is 4.79 Å². The van der Waals surface area contributed by atoms with Gasteiger partial charge in [-0.25, -0.2) is 0 Å². The van der Waals surface area contributed by atoms with Crippen LogP contribution >= 0.6 is 0 Å². The number of rotatable bonds is 2. The maximum absolute atomic E-state index is 12.0. The first-order valence-corrected chi connectivity index (χ1v) is 5.89. The summed E-state index contributed by atoms with van der Waals surface area (Å²) in [6.45, 7) is 3.88. The van der Waals surface area contributed by atoms with E-state index in [1.165, 1.54) is 0 Å². The van der Waals surface area contributed by atoms with Crippen LogP contribution in [0.1, 0.15) is 26.7 Å². The fourth-order valence-electron chi connectivity index (χ4n) is 1.96. The third-order valence-electron chi connectivity index (χ3n) is 2.91. The summed E-state index contributed by atoms with van der Waals surface area (Å²) in [5.41, 5.74) is 1.57. The lowest BCUT2D eigenvalue weighted by molar-refractivity contribution is -0.113. The molecule has 0 spiro atoms. The highest BCUT2D eigenvalue weighted by atomic mass is 16.5.